The van der Waals surface area contributed by atoms with Gasteiger partial charge in [-0.05, 0) is 37.8 Å². The van der Waals surface area contributed by atoms with E-state index in [2.05, 4.69) is 20.8 Å². The van der Waals surface area contributed by atoms with Crippen LogP contribution >= 0.6 is 0 Å². The maximum Gasteiger partial charge on any atom is 0.390 e. The first kappa shape index (κ1) is 20.7. The summed E-state index contributed by atoms with van der Waals surface area (Å²) < 4.78 is 2.80. The van der Waals surface area contributed by atoms with Crippen LogP contribution in [-0.2, 0) is 11.3 Å². The number of carbonyl (C=O) groups excluding carboxylic acids is 2. The Bertz CT molecular complexity index is 1090. The minimum atomic E-state index is -0.839. The molecule has 0 aliphatic carbocycles. The molecule has 0 fully saturated rings. The highest BCUT2D eigenvalue weighted by molar-refractivity contribution is 6.09. The van der Waals surface area contributed by atoms with E-state index < -0.39 is 22.8 Å². The third-order valence-corrected chi connectivity index (χ3v) is 4.43. The number of hydrogen-bond acceptors (Lipinski definition) is 6. The van der Waals surface area contributed by atoms with E-state index >= 15 is 0 Å². The standard InChI is InChI=1S/C19H21N7O4/c1-4-24-11-15(17(23-24)19(28)20-14-8-6-5-7-9-14)21-18(27)13(3)25-12(2)10-16(22-25)26(29)30/h5-11,13H,4H2,1-3H3,(H,20,28)(H,21,27). The summed E-state index contributed by atoms with van der Waals surface area (Å²) >= 11 is 0. The van der Waals surface area contributed by atoms with Crippen LogP contribution in [0.25, 0.3) is 0 Å². The number of aromatic nitrogens is 4. The zero-order chi connectivity index (χ0) is 21.8. The van der Waals surface area contributed by atoms with Crippen LogP contribution in [-0.4, -0.2) is 36.3 Å². The Kier molecular flexibility index (Phi) is 5.90. The Morgan fingerprint density at radius 3 is 2.50 bits per heavy atom. The number of amides is 2. The molecule has 3 aromatic rings. The number of nitrogens with one attached hydrogen (secondary N) is 2. The van der Waals surface area contributed by atoms with Crippen LogP contribution in [0.1, 0.15) is 36.1 Å². The number of aryl methyl sites for hydroxylation is 2. The van der Waals surface area contributed by atoms with Gasteiger partial charge in [-0.1, -0.05) is 18.2 Å². The van der Waals surface area contributed by atoms with Crippen LogP contribution in [0.4, 0.5) is 17.2 Å². The summed E-state index contributed by atoms with van der Waals surface area (Å²) in [7, 11) is 0. The molecule has 0 bridgehead atoms. The first-order chi connectivity index (χ1) is 14.3. The van der Waals surface area contributed by atoms with Gasteiger partial charge in [0.05, 0.1) is 22.5 Å². The van der Waals surface area contributed by atoms with Gasteiger partial charge in [0.15, 0.2) is 5.69 Å². The van der Waals surface area contributed by atoms with Crippen LogP contribution in [0, 0.1) is 17.0 Å². The van der Waals surface area contributed by atoms with Crippen molar-refractivity contribution in [3.8, 4) is 0 Å². The molecule has 2 N–H and O–H groups in total. The maximum absolute atomic E-state index is 12.8. The molecule has 30 heavy (non-hydrogen) atoms. The lowest BCUT2D eigenvalue weighted by molar-refractivity contribution is -0.389. The smallest absolute Gasteiger partial charge is 0.358 e. The number of benzene rings is 1. The summed E-state index contributed by atoms with van der Waals surface area (Å²) in [6, 6.07) is 9.33. The molecule has 0 aliphatic rings. The molecule has 156 valence electrons. The normalized spacial score (nSPS) is 11.7. The molecule has 2 aromatic heterocycles. The number of anilines is 2. The molecule has 2 amide bonds. The van der Waals surface area contributed by atoms with E-state index in [0.717, 1.165) is 0 Å². The van der Waals surface area contributed by atoms with Crippen molar-refractivity contribution in [1.29, 1.82) is 0 Å². The van der Waals surface area contributed by atoms with Crippen LogP contribution in [0.15, 0.2) is 42.6 Å². The second-order valence-corrected chi connectivity index (χ2v) is 6.58. The van der Waals surface area contributed by atoms with E-state index in [1.807, 2.05) is 13.0 Å². The zero-order valence-electron chi connectivity index (χ0n) is 16.7. The molecule has 11 heteroatoms. The number of carbonyl (C=O) groups is 2. The monoisotopic (exact) mass is 411 g/mol. The lowest BCUT2D eigenvalue weighted by Gasteiger charge is -2.11. The molecule has 0 saturated heterocycles. The molecule has 0 saturated carbocycles. The Morgan fingerprint density at radius 1 is 1.20 bits per heavy atom. The average Bonchev–Trinajstić information content (AvgIpc) is 3.31. The summed E-state index contributed by atoms with van der Waals surface area (Å²) in [4.78, 5) is 35.8. The highest BCUT2D eigenvalue weighted by Gasteiger charge is 2.26. The molecule has 0 spiro atoms. The van der Waals surface area contributed by atoms with Gasteiger partial charge in [0, 0.05) is 18.4 Å². The third-order valence-electron chi connectivity index (χ3n) is 4.43. The number of para-hydroxylation sites is 1. The third kappa shape index (κ3) is 4.35. The van der Waals surface area contributed by atoms with Gasteiger partial charge in [-0.2, -0.15) is 9.78 Å². The highest BCUT2D eigenvalue weighted by Crippen LogP contribution is 2.20. The summed E-state index contributed by atoms with van der Waals surface area (Å²) in [5.74, 6) is -1.29. The van der Waals surface area contributed by atoms with E-state index in [0.29, 0.717) is 17.9 Å². The van der Waals surface area contributed by atoms with E-state index in [1.54, 1.807) is 44.3 Å². The molecule has 1 unspecified atom stereocenters. The van der Waals surface area contributed by atoms with E-state index in [1.165, 1.54) is 15.4 Å². The first-order valence-corrected chi connectivity index (χ1v) is 9.25. The van der Waals surface area contributed by atoms with Gasteiger partial charge in [-0.3, -0.25) is 14.3 Å². The van der Waals surface area contributed by atoms with Gasteiger partial charge in [0.1, 0.15) is 6.04 Å². The number of hydrogen-bond donors (Lipinski definition) is 2. The van der Waals surface area contributed by atoms with E-state index in [9.17, 15) is 19.7 Å². The average molecular weight is 411 g/mol. The number of rotatable bonds is 7. The fourth-order valence-corrected chi connectivity index (χ4v) is 2.85. The first-order valence-electron chi connectivity index (χ1n) is 9.25. The summed E-state index contributed by atoms with van der Waals surface area (Å²) in [6.07, 6.45) is 1.56. The van der Waals surface area contributed by atoms with Gasteiger partial charge in [-0.15, -0.1) is 0 Å². The Balaban J connectivity index is 1.82. The molecule has 3 rings (SSSR count). The van der Waals surface area contributed by atoms with Crippen molar-refractivity contribution in [2.45, 2.75) is 33.4 Å². The predicted molar refractivity (Wildman–Crippen MR) is 109 cm³/mol. The fraction of sp³-hybridized carbons (Fsp3) is 0.263. The second-order valence-electron chi connectivity index (χ2n) is 6.58. The van der Waals surface area contributed by atoms with Crippen molar-refractivity contribution in [2.24, 2.45) is 0 Å². The molecule has 1 aromatic carbocycles. The van der Waals surface area contributed by atoms with Gasteiger partial charge in [0.2, 0.25) is 0 Å². The molecule has 2 heterocycles. The summed E-state index contributed by atoms with van der Waals surface area (Å²) in [6.45, 7) is 5.54. The predicted octanol–water partition coefficient (Wildman–Crippen LogP) is 2.77. The summed E-state index contributed by atoms with van der Waals surface area (Å²) in [5, 5.41) is 24.4. The van der Waals surface area contributed by atoms with E-state index in [4.69, 9.17) is 0 Å². The van der Waals surface area contributed by atoms with Crippen molar-refractivity contribution in [3.63, 3.8) is 0 Å². The molecular weight excluding hydrogens is 390 g/mol. The van der Waals surface area contributed by atoms with Gasteiger partial charge < -0.3 is 20.7 Å². The number of nitro groups is 1. The molecule has 11 nitrogen and oxygen atoms in total. The lowest BCUT2D eigenvalue weighted by atomic mass is 10.2. The lowest BCUT2D eigenvalue weighted by Crippen LogP contribution is -2.26. The van der Waals surface area contributed by atoms with Crippen molar-refractivity contribution in [2.75, 3.05) is 10.6 Å². The van der Waals surface area contributed by atoms with Crippen LogP contribution < -0.4 is 10.6 Å². The van der Waals surface area contributed by atoms with E-state index in [-0.39, 0.29) is 17.2 Å². The highest BCUT2D eigenvalue weighted by atomic mass is 16.6. The van der Waals surface area contributed by atoms with Crippen LogP contribution in [0.2, 0.25) is 0 Å². The Hall–Kier alpha value is -4.02. The molecule has 1 atom stereocenters. The molecular formula is C19H21N7O4. The van der Waals surface area contributed by atoms with Crippen molar-refractivity contribution in [3.05, 3.63) is 64.1 Å². The SMILES string of the molecule is CCn1cc(NC(=O)C(C)n2nc([N+](=O)[O-])cc2C)c(C(=O)Nc2ccccc2)n1. The van der Waals surface area contributed by atoms with Crippen LogP contribution in [0.3, 0.4) is 0 Å². The van der Waals surface area contributed by atoms with Gasteiger partial charge in [-0.25, -0.2) is 0 Å². The minimum Gasteiger partial charge on any atom is -0.358 e. The largest absolute Gasteiger partial charge is 0.390 e. The number of nitrogens with zero attached hydrogens (tertiary/aromatic N) is 5. The Labute approximate surface area is 171 Å². The van der Waals surface area contributed by atoms with Gasteiger partial charge in [0.25, 0.3) is 11.8 Å². The summed E-state index contributed by atoms with van der Waals surface area (Å²) in [5.41, 5.74) is 1.36. The van der Waals surface area contributed by atoms with Crippen molar-refractivity contribution < 1.29 is 14.5 Å². The second kappa shape index (κ2) is 8.55. The van der Waals surface area contributed by atoms with Crippen molar-refractivity contribution >= 4 is 29.0 Å². The molecule has 0 aliphatic heterocycles. The zero-order valence-corrected chi connectivity index (χ0v) is 16.7. The fourth-order valence-electron chi connectivity index (χ4n) is 2.85. The van der Waals surface area contributed by atoms with Crippen molar-refractivity contribution in [1.82, 2.24) is 19.6 Å². The van der Waals surface area contributed by atoms with Crippen LogP contribution in [0.5, 0.6) is 0 Å². The quantitative estimate of drug-likeness (QED) is 0.453. The van der Waals surface area contributed by atoms with Gasteiger partial charge >= 0.3 is 5.82 Å². The molecule has 0 radical (unpaired) electrons. The topological polar surface area (TPSA) is 137 Å². The minimum absolute atomic E-state index is 0.0596. The maximum atomic E-state index is 12.8. The Morgan fingerprint density at radius 2 is 1.90 bits per heavy atom.